The van der Waals surface area contributed by atoms with Gasteiger partial charge in [0.1, 0.15) is 0 Å². The quantitative estimate of drug-likeness (QED) is 0.852. The van der Waals surface area contributed by atoms with Crippen LogP contribution in [0.2, 0.25) is 0 Å². The Hall–Kier alpha value is -1.62. The predicted octanol–water partition coefficient (Wildman–Crippen LogP) is 0.685. The van der Waals surface area contributed by atoms with E-state index in [1.807, 2.05) is 4.90 Å². The van der Waals surface area contributed by atoms with Crippen LogP contribution in [-0.2, 0) is 0 Å². The summed E-state index contributed by atoms with van der Waals surface area (Å²) in [6.07, 6.45) is 5.13. The van der Waals surface area contributed by atoms with Crippen molar-refractivity contribution in [3.63, 3.8) is 0 Å². The van der Waals surface area contributed by atoms with Crippen LogP contribution in [0, 0.1) is 0 Å². The van der Waals surface area contributed by atoms with Crippen molar-refractivity contribution in [1.82, 2.24) is 14.8 Å². The normalized spacial score (nSPS) is 24.0. The van der Waals surface area contributed by atoms with Crippen molar-refractivity contribution >= 4 is 5.91 Å². The predicted molar refractivity (Wildman–Crippen MR) is 72.2 cm³/mol. The van der Waals surface area contributed by atoms with Gasteiger partial charge in [-0.15, -0.1) is 0 Å². The van der Waals surface area contributed by atoms with Crippen molar-refractivity contribution in [2.24, 2.45) is 0 Å². The second-order valence-corrected chi connectivity index (χ2v) is 5.38. The Labute approximate surface area is 112 Å². The Morgan fingerprint density at radius 3 is 2.79 bits per heavy atom. The minimum Gasteiger partial charge on any atom is -0.337 e. The number of carbonyl (C=O) groups is 1. The third-order valence-electron chi connectivity index (χ3n) is 4.13. The van der Waals surface area contributed by atoms with Crippen molar-refractivity contribution in [3.05, 3.63) is 34.2 Å². The lowest BCUT2D eigenvalue weighted by atomic mass is 10.2. The third kappa shape index (κ3) is 2.56. The van der Waals surface area contributed by atoms with Gasteiger partial charge in [0.25, 0.3) is 5.91 Å². The van der Waals surface area contributed by atoms with Gasteiger partial charge in [-0.3, -0.25) is 14.5 Å². The van der Waals surface area contributed by atoms with Crippen LogP contribution < -0.4 is 5.56 Å². The summed E-state index contributed by atoms with van der Waals surface area (Å²) in [5.74, 6) is -0.0206. The summed E-state index contributed by atoms with van der Waals surface area (Å²) in [5, 5.41) is 0. The average molecular weight is 261 g/mol. The maximum Gasteiger partial charge on any atom is 0.254 e. The molecule has 1 atom stereocenters. The second-order valence-electron chi connectivity index (χ2n) is 5.38. The van der Waals surface area contributed by atoms with Gasteiger partial charge < -0.3 is 9.88 Å². The first-order chi connectivity index (χ1) is 9.24. The van der Waals surface area contributed by atoms with Crippen LogP contribution >= 0.6 is 0 Å². The van der Waals surface area contributed by atoms with Gasteiger partial charge in [-0.1, -0.05) is 0 Å². The van der Waals surface area contributed by atoms with Gasteiger partial charge in [-0.2, -0.15) is 0 Å². The zero-order valence-electron chi connectivity index (χ0n) is 11.0. The first kappa shape index (κ1) is 12.4. The molecule has 5 nitrogen and oxygen atoms in total. The molecule has 3 rings (SSSR count). The van der Waals surface area contributed by atoms with E-state index in [1.165, 1.54) is 25.1 Å². The van der Waals surface area contributed by atoms with Crippen molar-refractivity contribution in [2.45, 2.75) is 25.3 Å². The molecule has 5 heteroatoms. The van der Waals surface area contributed by atoms with Crippen LogP contribution in [0.5, 0.6) is 0 Å². The first-order valence-electron chi connectivity index (χ1n) is 6.96. The van der Waals surface area contributed by atoms with Crippen molar-refractivity contribution < 1.29 is 4.79 Å². The molecule has 2 fully saturated rings. The highest BCUT2D eigenvalue weighted by atomic mass is 16.2. The van der Waals surface area contributed by atoms with E-state index in [0.29, 0.717) is 11.6 Å². The standard InChI is InChI=1S/C14H19N3O2/c18-13-9-11(3-5-15-13)14(19)17-8-4-12(10-17)16-6-1-2-7-16/h3,5,9,12H,1-2,4,6-8,10H2,(H,15,18). The van der Waals surface area contributed by atoms with Crippen LogP contribution in [0.1, 0.15) is 29.6 Å². The molecule has 2 saturated heterocycles. The van der Waals surface area contributed by atoms with E-state index in [9.17, 15) is 9.59 Å². The number of likely N-dealkylation sites (tertiary alicyclic amines) is 2. The fraction of sp³-hybridized carbons (Fsp3) is 0.571. The number of aromatic nitrogens is 1. The van der Waals surface area contributed by atoms with Gasteiger partial charge in [0.05, 0.1) is 0 Å². The molecule has 1 N–H and O–H groups in total. The largest absolute Gasteiger partial charge is 0.337 e. The zero-order valence-corrected chi connectivity index (χ0v) is 11.0. The van der Waals surface area contributed by atoms with E-state index in [4.69, 9.17) is 0 Å². The summed E-state index contributed by atoms with van der Waals surface area (Å²) in [5.41, 5.74) is 0.270. The first-order valence-corrected chi connectivity index (χ1v) is 6.96. The maximum atomic E-state index is 12.3. The lowest BCUT2D eigenvalue weighted by molar-refractivity contribution is 0.0780. The molecule has 2 aliphatic rings. The Morgan fingerprint density at radius 2 is 2.05 bits per heavy atom. The Kier molecular flexibility index (Phi) is 3.38. The van der Waals surface area contributed by atoms with Gasteiger partial charge in [0, 0.05) is 37.0 Å². The smallest absolute Gasteiger partial charge is 0.254 e. The number of pyridine rings is 1. The molecular formula is C14H19N3O2. The minimum atomic E-state index is -0.221. The SMILES string of the molecule is O=C(c1cc[nH]c(=O)c1)N1CCC(N2CCCC2)C1. The molecular weight excluding hydrogens is 242 g/mol. The van der Waals surface area contributed by atoms with Crippen LogP contribution in [-0.4, -0.2) is 52.9 Å². The van der Waals surface area contributed by atoms with Crippen LogP contribution in [0.25, 0.3) is 0 Å². The van der Waals surface area contributed by atoms with Crippen LogP contribution in [0.15, 0.2) is 23.1 Å². The van der Waals surface area contributed by atoms with E-state index < -0.39 is 0 Å². The summed E-state index contributed by atoms with van der Waals surface area (Å²) in [6.45, 7) is 3.92. The number of H-pyrrole nitrogens is 1. The second kappa shape index (κ2) is 5.17. The van der Waals surface area contributed by atoms with Gasteiger partial charge in [0.2, 0.25) is 5.56 Å². The number of nitrogens with one attached hydrogen (secondary N) is 1. The Bertz CT molecular complexity index is 519. The van der Waals surface area contributed by atoms with Crippen LogP contribution in [0.3, 0.4) is 0 Å². The number of nitrogens with zero attached hydrogens (tertiary/aromatic N) is 2. The highest BCUT2D eigenvalue weighted by Crippen LogP contribution is 2.21. The Balaban J connectivity index is 1.67. The molecule has 1 aromatic rings. The molecule has 102 valence electrons. The lowest BCUT2D eigenvalue weighted by Gasteiger charge is -2.23. The van der Waals surface area contributed by atoms with Gasteiger partial charge in [-0.05, 0) is 38.4 Å². The molecule has 0 aromatic carbocycles. The van der Waals surface area contributed by atoms with E-state index in [0.717, 1.165) is 32.6 Å². The van der Waals surface area contributed by atoms with Crippen molar-refractivity contribution in [1.29, 1.82) is 0 Å². The molecule has 0 bridgehead atoms. The fourth-order valence-electron chi connectivity index (χ4n) is 3.09. The van der Waals surface area contributed by atoms with E-state index in [-0.39, 0.29) is 11.5 Å². The summed E-state index contributed by atoms with van der Waals surface area (Å²) in [6, 6.07) is 3.56. The Morgan fingerprint density at radius 1 is 1.26 bits per heavy atom. The van der Waals surface area contributed by atoms with Gasteiger partial charge in [0.15, 0.2) is 0 Å². The molecule has 1 aromatic heterocycles. The minimum absolute atomic E-state index is 0.0206. The molecule has 0 spiro atoms. The zero-order chi connectivity index (χ0) is 13.2. The topological polar surface area (TPSA) is 56.4 Å². The maximum absolute atomic E-state index is 12.3. The third-order valence-corrected chi connectivity index (χ3v) is 4.13. The summed E-state index contributed by atoms with van der Waals surface area (Å²) < 4.78 is 0. The molecule has 3 heterocycles. The molecule has 2 aliphatic heterocycles. The summed E-state index contributed by atoms with van der Waals surface area (Å²) in [4.78, 5) is 30.5. The van der Waals surface area contributed by atoms with E-state index in [2.05, 4.69) is 9.88 Å². The number of hydrogen-bond donors (Lipinski definition) is 1. The van der Waals surface area contributed by atoms with E-state index in [1.54, 1.807) is 6.07 Å². The molecule has 1 unspecified atom stereocenters. The number of carbonyl (C=O) groups excluding carboxylic acids is 1. The molecule has 0 saturated carbocycles. The fourth-order valence-corrected chi connectivity index (χ4v) is 3.09. The average Bonchev–Trinajstić information content (AvgIpc) is 3.08. The molecule has 19 heavy (non-hydrogen) atoms. The van der Waals surface area contributed by atoms with Gasteiger partial charge >= 0.3 is 0 Å². The lowest BCUT2D eigenvalue weighted by Crippen LogP contribution is -2.37. The van der Waals surface area contributed by atoms with Crippen molar-refractivity contribution in [3.8, 4) is 0 Å². The molecule has 0 aliphatic carbocycles. The number of rotatable bonds is 2. The number of amides is 1. The molecule has 1 amide bonds. The number of aromatic amines is 1. The highest BCUT2D eigenvalue weighted by molar-refractivity contribution is 5.94. The van der Waals surface area contributed by atoms with Gasteiger partial charge in [-0.25, -0.2) is 0 Å². The summed E-state index contributed by atoms with van der Waals surface area (Å²) >= 11 is 0. The highest BCUT2D eigenvalue weighted by Gasteiger charge is 2.31. The van der Waals surface area contributed by atoms with E-state index >= 15 is 0 Å². The van der Waals surface area contributed by atoms with Crippen LogP contribution in [0.4, 0.5) is 0 Å². The van der Waals surface area contributed by atoms with Crippen molar-refractivity contribution in [2.75, 3.05) is 26.2 Å². The summed E-state index contributed by atoms with van der Waals surface area (Å²) in [7, 11) is 0. The number of hydrogen-bond acceptors (Lipinski definition) is 3. The molecule has 0 radical (unpaired) electrons. The monoisotopic (exact) mass is 261 g/mol.